The minimum absolute atomic E-state index is 0.292. The largest absolute Gasteiger partial charge is 0.479 e. The van der Waals surface area contributed by atoms with Gasteiger partial charge in [-0.1, -0.05) is 6.07 Å². The fraction of sp³-hybridized carbons (Fsp3) is 0.118. The second kappa shape index (κ2) is 8.44. The van der Waals surface area contributed by atoms with Crippen molar-refractivity contribution in [2.45, 2.75) is 13.0 Å². The molecule has 2 rings (SSSR count). The Hall–Kier alpha value is -2.42. The molecule has 24 heavy (non-hydrogen) atoms. The van der Waals surface area contributed by atoms with E-state index in [0.29, 0.717) is 11.3 Å². The molecular formula is C17H15IN2O4. The lowest BCUT2D eigenvalue weighted by Crippen LogP contribution is -2.22. The number of nitrogens with zero attached hydrogens (tertiary/aromatic N) is 1. The first-order valence-electron chi connectivity index (χ1n) is 7.04. The third kappa shape index (κ3) is 5.34. The molecule has 0 aliphatic rings. The second-order valence-electron chi connectivity index (χ2n) is 4.88. The minimum Gasteiger partial charge on any atom is -0.479 e. The van der Waals surface area contributed by atoms with E-state index >= 15 is 0 Å². The SMILES string of the molecule is C[C@@H](Oc1ccc(/C=N\NC(=O)c2cccc(I)c2)cc1)C(=O)O. The first-order valence-corrected chi connectivity index (χ1v) is 8.12. The number of hydrazone groups is 1. The van der Waals surface area contributed by atoms with E-state index in [1.54, 1.807) is 42.5 Å². The van der Waals surface area contributed by atoms with Crippen molar-refractivity contribution < 1.29 is 19.4 Å². The molecule has 7 heteroatoms. The molecule has 0 saturated heterocycles. The molecule has 1 atom stereocenters. The Morgan fingerprint density at radius 2 is 1.96 bits per heavy atom. The number of carboxylic acids is 1. The maximum Gasteiger partial charge on any atom is 0.344 e. The number of ether oxygens (including phenoxy) is 1. The molecule has 0 radical (unpaired) electrons. The highest BCUT2D eigenvalue weighted by atomic mass is 127. The molecule has 0 aromatic heterocycles. The molecule has 6 nitrogen and oxygen atoms in total. The van der Waals surface area contributed by atoms with Crippen LogP contribution < -0.4 is 10.2 Å². The van der Waals surface area contributed by atoms with Crippen LogP contribution in [0.5, 0.6) is 5.75 Å². The van der Waals surface area contributed by atoms with Crippen LogP contribution in [0.2, 0.25) is 0 Å². The number of nitrogens with one attached hydrogen (secondary N) is 1. The zero-order valence-corrected chi connectivity index (χ0v) is 14.9. The Bertz CT molecular complexity index is 759. The van der Waals surface area contributed by atoms with Crippen molar-refractivity contribution in [2.75, 3.05) is 0 Å². The van der Waals surface area contributed by atoms with E-state index < -0.39 is 12.1 Å². The van der Waals surface area contributed by atoms with E-state index in [0.717, 1.165) is 9.13 Å². The number of halogens is 1. The standard InChI is InChI=1S/C17H15IN2O4/c1-11(17(22)23)24-15-7-5-12(6-8-15)10-19-20-16(21)13-3-2-4-14(18)9-13/h2-11H,1H3,(H,20,21)(H,22,23)/b19-10-/t11-/m1/s1. The van der Waals surface area contributed by atoms with Gasteiger partial charge in [-0.3, -0.25) is 4.79 Å². The molecule has 2 aromatic rings. The number of carbonyl (C=O) groups excluding carboxylic acids is 1. The molecule has 0 aliphatic heterocycles. The summed E-state index contributed by atoms with van der Waals surface area (Å²) >= 11 is 2.13. The number of carbonyl (C=O) groups is 2. The van der Waals surface area contributed by atoms with Gasteiger partial charge in [0.25, 0.3) is 5.91 Å². The Labute approximate surface area is 152 Å². The summed E-state index contributed by atoms with van der Waals surface area (Å²) < 4.78 is 6.20. The number of aliphatic carboxylic acids is 1. The third-order valence-corrected chi connectivity index (χ3v) is 3.68. The molecule has 0 bridgehead atoms. The van der Waals surface area contributed by atoms with E-state index in [-0.39, 0.29) is 5.91 Å². The smallest absolute Gasteiger partial charge is 0.344 e. The Balaban J connectivity index is 1.92. The maximum atomic E-state index is 11.9. The van der Waals surface area contributed by atoms with Crippen LogP contribution in [0.4, 0.5) is 0 Å². The number of amides is 1. The highest BCUT2D eigenvalue weighted by Gasteiger charge is 2.11. The summed E-state index contributed by atoms with van der Waals surface area (Å²) in [6, 6.07) is 13.9. The zero-order chi connectivity index (χ0) is 17.5. The summed E-state index contributed by atoms with van der Waals surface area (Å²) in [5.41, 5.74) is 3.73. The lowest BCUT2D eigenvalue weighted by Gasteiger charge is -2.09. The highest BCUT2D eigenvalue weighted by Crippen LogP contribution is 2.13. The van der Waals surface area contributed by atoms with Crippen LogP contribution in [-0.2, 0) is 4.79 Å². The van der Waals surface area contributed by atoms with Crippen molar-refractivity contribution >= 4 is 40.7 Å². The molecule has 2 N–H and O–H groups in total. The van der Waals surface area contributed by atoms with Crippen molar-refractivity contribution in [1.82, 2.24) is 5.43 Å². The number of hydrogen-bond acceptors (Lipinski definition) is 4. The topological polar surface area (TPSA) is 88.0 Å². The molecule has 0 fully saturated rings. The maximum absolute atomic E-state index is 11.9. The number of hydrogen-bond donors (Lipinski definition) is 2. The van der Waals surface area contributed by atoms with Crippen LogP contribution in [0.25, 0.3) is 0 Å². The van der Waals surface area contributed by atoms with Crippen molar-refractivity contribution in [2.24, 2.45) is 5.10 Å². The average molecular weight is 438 g/mol. The zero-order valence-electron chi connectivity index (χ0n) is 12.8. The van der Waals surface area contributed by atoms with Gasteiger partial charge in [-0.05, 0) is 77.5 Å². The summed E-state index contributed by atoms with van der Waals surface area (Å²) in [5.74, 6) is -0.871. The lowest BCUT2D eigenvalue weighted by molar-refractivity contribution is -0.144. The monoisotopic (exact) mass is 438 g/mol. The quantitative estimate of drug-likeness (QED) is 0.413. The van der Waals surface area contributed by atoms with E-state index in [2.05, 4.69) is 33.1 Å². The molecular weight excluding hydrogens is 423 g/mol. The predicted octanol–water partition coefficient (Wildman–Crippen LogP) is 2.91. The number of carboxylic acid groups (broad SMARTS) is 1. The summed E-state index contributed by atoms with van der Waals surface area (Å²) in [4.78, 5) is 22.6. The van der Waals surface area contributed by atoms with Gasteiger partial charge in [0.2, 0.25) is 0 Å². The van der Waals surface area contributed by atoms with Crippen molar-refractivity contribution in [1.29, 1.82) is 0 Å². The Morgan fingerprint density at radius 1 is 1.25 bits per heavy atom. The van der Waals surface area contributed by atoms with Gasteiger partial charge in [-0.2, -0.15) is 5.10 Å². The summed E-state index contributed by atoms with van der Waals surface area (Å²) in [6.07, 6.45) is 0.577. The Kier molecular flexibility index (Phi) is 6.30. The molecule has 2 aromatic carbocycles. The van der Waals surface area contributed by atoms with Crippen LogP contribution in [0.15, 0.2) is 53.6 Å². The van der Waals surface area contributed by atoms with Gasteiger partial charge in [-0.25, -0.2) is 10.2 Å². The van der Waals surface area contributed by atoms with Crippen molar-refractivity contribution in [3.63, 3.8) is 0 Å². The fourth-order valence-electron chi connectivity index (χ4n) is 1.75. The second-order valence-corrected chi connectivity index (χ2v) is 6.12. The van der Waals surface area contributed by atoms with Crippen LogP contribution in [-0.4, -0.2) is 29.3 Å². The van der Waals surface area contributed by atoms with Crippen LogP contribution >= 0.6 is 22.6 Å². The first kappa shape index (κ1) is 17.9. The van der Waals surface area contributed by atoms with Crippen molar-refractivity contribution in [3.8, 4) is 5.75 Å². The summed E-state index contributed by atoms with van der Waals surface area (Å²) in [5, 5.41) is 12.7. The van der Waals surface area contributed by atoms with Gasteiger partial charge in [0.15, 0.2) is 6.10 Å². The van der Waals surface area contributed by atoms with E-state index in [1.165, 1.54) is 13.1 Å². The summed E-state index contributed by atoms with van der Waals surface area (Å²) in [7, 11) is 0. The third-order valence-electron chi connectivity index (χ3n) is 3.01. The van der Waals surface area contributed by atoms with Gasteiger partial charge in [-0.15, -0.1) is 0 Å². The van der Waals surface area contributed by atoms with Crippen LogP contribution in [0.1, 0.15) is 22.8 Å². The van der Waals surface area contributed by atoms with Crippen molar-refractivity contribution in [3.05, 3.63) is 63.2 Å². The molecule has 124 valence electrons. The summed E-state index contributed by atoms with van der Waals surface area (Å²) in [6.45, 7) is 1.46. The molecule has 0 heterocycles. The lowest BCUT2D eigenvalue weighted by atomic mass is 10.2. The van der Waals surface area contributed by atoms with E-state index in [4.69, 9.17) is 9.84 Å². The average Bonchev–Trinajstić information content (AvgIpc) is 2.56. The number of benzene rings is 2. The molecule has 0 aliphatic carbocycles. The van der Waals surface area contributed by atoms with Gasteiger partial charge in [0.05, 0.1) is 6.21 Å². The molecule has 0 saturated carbocycles. The Morgan fingerprint density at radius 3 is 2.58 bits per heavy atom. The highest BCUT2D eigenvalue weighted by molar-refractivity contribution is 14.1. The normalized spacial score (nSPS) is 11.9. The van der Waals surface area contributed by atoms with Crippen LogP contribution in [0, 0.1) is 3.57 Å². The van der Waals surface area contributed by atoms with Gasteiger partial charge < -0.3 is 9.84 Å². The van der Waals surface area contributed by atoms with E-state index in [9.17, 15) is 9.59 Å². The molecule has 0 spiro atoms. The van der Waals surface area contributed by atoms with Gasteiger partial charge in [0.1, 0.15) is 5.75 Å². The van der Waals surface area contributed by atoms with Crippen LogP contribution in [0.3, 0.4) is 0 Å². The van der Waals surface area contributed by atoms with E-state index in [1.807, 2.05) is 6.07 Å². The first-order chi connectivity index (χ1) is 11.5. The fourth-order valence-corrected chi connectivity index (χ4v) is 2.29. The van der Waals surface area contributed by atoms with Gasteiger partial charge in [0, 0.05) is 9.13 Å². The van der Waals surface area contributed by atoms with Gasteiger partial charge >= 0.3 is 5.97 Å². The minimum atomic E-state index is -1.03. The molecule has 0 unspecified atom stereocenters. The predicted molar refractivity (Wildman–Crippen MR) is 98.4 cm³/mol. The molecule has 1 amide bonds. The number of rotatable bonds is 6.